The number of hydrogen-bond acceptors (Lipinski definition) is 4. The average Bonchev–Trinajstić information content (AvgIpc) is 2.90. The van der Waals surface area contributed by atoms with Crippen molar-refractivity contribution in [3.63, 3.8) is 0 Å². The van der Waals surface area contributed by atoms with Crippen molar-refractivity contribution in [3.8, 4) is 0 Å². The van der Waals surface area contributed by atoms with E-state index in [1.165, 1.54) is 4.90 Å². The van der Waals surface area contributed by atoms with Gasteiger partial charge in [-0.05, 0) is 55.7 Å². The molecule has 0 heterocycles. The second kappa shape index (κ2) is 13.6. The molecule has 0 saturated heterocycles. The van der Waals surface area contributed by atoms with Gasteiger partial charge in [0, 0.05) is 24.0 Å². The van der Waals surface area contributed by atoms with Gasteiger partial charge in [0.2, 0.25) is 21.8 Å². The zero-order valence-electron chi connectivity index (χ0n) is 22.8. The molecular formula is C30H36ClN3O4S. The van der Waals surface area contributed by atoms with Gasteiger partial charge in [-0.15, -0.1) is 0 Å². The molecule has 2 atom stereocenters. The standard InChI is InChI=1S/C30H36ClN3O4S/c1-5-23(3)32-30(36)28(19-24-9-7-6-8-10-24)33(20-25-13-11-22(2)12-14-25)29(35)21-34(39(4,37)38)27-17-15-26(31)16-18-27/h6-18,23,28H,5,19-21H2,1-4H3,(H,32,36). The lowest BCUT2D eigenvalue weighted by Crippen LogP contribution is -2.54. The number of sulfonamides is 1. The average molecular weight is 570 g/mol. The van der Waals surface area contributed by atoms with Gasteiger partial charge in [-0.3, -0.25) is 13.9 Å². The van der Waals surface area contributed by atoms with E-state index in [1.807, 2.05) is 75.4 Å². The minimum Gasteiger partial charge on any atom is -0.352 e. The number of amides is 2. The lowest BCUT2D eigenvalue weighted by molar-refractivity contribution is -0.140. The summed E-state index contributed by atoms with van der Waals surface area (Å²) in [5.74, 6) is -0.776. The van der Waals surface area contributed by atoms with Crippen LogP contribution in [-0.2, 0) is 32.6 Å². The van der Waals surface area contributed by atoms with Crippen LogP contribution in [0.4, 0.5) is 5.69 Å². The third kappa shape index (κ3) is 8.83. The first kappa shape index (κ1) is 30.2. The molecule has 7 nitrogen and oxygen atoms in total. The predicted molar refractivity (Wildman–Crippen MR) is 157 cm³/mol. The van der Waals surface area contributed by atoms with Crippen LogP contribution >= 0.6 is 11.6 Å². The van der Waals surface area contributed by atoms with Gasteiger partial charge in [0.15, 0.2) is 0 Å². The van der Waals surface area contributed by atoms with Crippen LogP contribution in [0.15, 0.2) is 78.9 Å². The normalized spacial score (nSPS) is 12.8. The number of carbonyl (C=O) groups is 2. The van der Waals surface area contributed by atoms with Crippen molar-refractivity contribution in [3.05, 3.63) is 101 Å². The molecule has 2 unspecified atom stereocenters. The third-order valence-corrected chi connectivity index (χ3v) is 7.93. The van der Waals surface area contributed by atoms with Crippen molar-refractivity contribution in [1.29, 1.82) is 0 Å². The Labute approximate surface area is 236 Å². The van der Waals surface area contributed by atoms with Gasteiger partial charge in [-0.1, -0.05) is 78.7 Å². The molecule has 0 aromatic heterocycles. The molecule has 1 N–H and O–H groups in total. The van der Waals surface area contributed by atoms with Crippen molar-refractivity contribution in [2.45, 2.75) is 52.2 Å². The number of halogens is 1. The Bertz CT molecular complexity index is 1350. The van der Waals surface area contributed by atoms with Crippen molar-refractivity contribution in [1.82, 2.24) is 10.2 Å². The Hall–Kier alpha value is -3.36. The molecule has 0 aliphatic carbocycles. The van der Waals surface area contributed by atoms with Crippen LogP contribution in [0, 0.1) is 6.92 Å². The molecule has 208 valence electrons. The lowest BCUT2D eigenvalue weighted by atomic mass is 10.0. The molecule has 39 heavy (non-hydrogen) atoms. The number of nitrogens with zero attached hydrogens (tertiary/aromatic N) is 2. The highest BCUT2D eigenvalue weighted by molar-refractivity contribution is 7.92. The summed E-state index contributed by atoms with van der Waals surface area (Å²) < 4.78 is 26.6. The molecule has 0 fully saturated rings. The number of benzene rings is 3. The summed E-state index contributed by atoms with van der Waals surface area (Å²) in [4.78, 5) is 29.2. The summed E-state index contributed by atoms with van der Waals surface area (Å²) in [7, 11) is -3.82. The monoisotopic (exact) mass is 569 g/mol. The van der Waals surface area contributed by atoms with Crippen molar-refractivity contribution in [2.75, 3.05) is 17.1 Å². The summed E-state index contributed by atoms with van der Waals surface area (Å²) in [6.45, 7) is 5.54. The van der Waals surface area contributed by atoms with Gasteiger partial charge >= 0.3 is 0 Å². The van der Waals surface area contributed by atoms with E-state index >= 15 is 0 Å². The highest BCUT2D eigenvalue weighted by atomic mass is 35.5. The van der Waals surface area contributed by atoms with Crippen LogP contribution in [0.3, 0.4) is 0 Å². The number of nitrogens with one attached hydrogen (secondary N) is 1. The zero-order valence-corrected chi connectivity index (χ0v) is 24.4. The topological polar surface area (TPSA) is 86.8 Å². The largest absolute Gasteiger partial charge is 0.352 e. The highest BCUT2D eigenvalue weighted by Crippen LogP contribution is 2.22. The first-order valence-corrected chi connectivity index (χ1v) is 15.1. The molecule has 0 aliphatic heterocycles. The molecule has 0 radical (unpaired) electrons. The summed E-state index contributed by atoms with van der Waals surface area (Å²) >= 11 is 6.01. The molecule has 2 amide bonds. The second-order valence-electron chi connectivity index (χ2n) is 9.78. The summed E-state index contributed by atoms with van der Waals surface area (Å²) in [6.07, 6.45) is 2.06. The fourth-order valence-corrected chi connectivity index (χ4v) is 5.08. The number of anilines is 1. The first-order chi connectivity index (χ1) is 18.5. The molecule has 0 spiro atoms. The van der Waals surface area contributed by atoms with E-state index in [-0.39, 0.29) is 24.9 Å². The number of hydrogen-bond donors (Lipinski definition) is 1. The SMILES string of the molecule is CCC(C)NC(=O)C(Cc1ccccc1)N(Cc1ccc(C)cc1)C(=O)CN(c1ccc(Cl)cc1)S(C)(=O)=O. The molecule has 0 aliphatic rings. The van der Waals surface area contributed by atoms with E-state index in [0.29, 0.717) is 10.7 Å². The minimum absolute atomic E-state index is 0.0892. The van der Waals surface area contributed by atoms with Crippen LogP contribution in [0.1, 0.15) is 37.0 Å². The Balaban J connectivity index is 2.04. The van der Waals surface area contributed by atoms with Crippen LogP contribution in [0.25, 0.3) is 0 Å². The third-order valence-electron chi connectivity index (χ3n) is 6.54. The van der Waals surface area contributed by atoms with Crippen LogP contribution in [0.2, 0.25) is 5.02 Å². The molecule has 3 aromatic rings. The van der Waals surface area contributed by atoms with Gasteiger partial charge in [-0.2, -0.15) is 0 Å². The van der Waals surface area contributed by atoms with Crippen molar-refractivity contribution >= 4 is 39.1 Å². The van der Waals surface area contributed by atoms with Gasteiger partial charge < -0.3 is 10.2 Å². The van der Waals surface area contributed by atoms with Gasteiger partial charge in [0.1, 0.15) is 12.6 Å². The van der Waals surface area contributed by atoms with Crippen LogP contribution in [0.5, 0.6) is 0 Å². The van der Waals surface area contributed by atoms with E-state index in [0.717, 1.165) is 33.7 Å². The number of carbonyl (C=O) groups excluding carboxylic acids is 2. The second-order valence-corrected chi connectivity index (χ2v) is 12.1. The predicted octanol–water partition coefficient (Wildman–Crippen LogP) is 4.97. The van der Waals surface area contributed by atoms with Crippen LogP contribution in [-0.4, -0.2) is 50.0 Å². The van der Waals surface area contributed by atoms with Crippen molar-refractivity contribution in [2.24, 2.45) is 0 Å². The van der Waals surface area contributed by atoms with Gasteiger partial charge in [0.25, 0.3) is 0 Å². The molecule has 0 saturated carbocycles. The van der Waals surface area contributed by atoms with E-state index in [4.69, 9.17) is 11.6 Å². The van der Waals surface area contributed by atoms with Crippen LogP contribution < -0.4 is 9.62 Å². The number of aryl methyl sites for hydroxylation is 1. The maximum Gasteiger partial charge on any atom is 0.244 e. The molecule has 9 heteroatoms. The molecule has 0 bridgehead atoms. The zero-order chi connectivity index (χ0) is 28.6. The van der Waals surface area contributed by atoms with E-state index < -0.39 is 28.5 Å². The Morgan fingerprint density at radius 3 is 2.10 bits per heavy atom. The number of rotatable bonds is 12. The van der Waals surface area contributed by atoms with E-state index in [2.05, 4.69) is 5.32 Å². The maximum absolute atomic E-state index is 14.0. The minimum atomic E-state index is -3.82. The molecular weight excluding hydrogens is 534 g/mol. The molecule has 3 aromatic carbocycles. The summed E-state index contributed by atoms with van der Waals surface area (Å²) in [6, 6.07) is 22.5. The Morgan fingerprint density at radius 2 is 1.54 bits per heavy atom. The first-order valence-electron chi connectivity index (χ1n) is 12.9. The van der Waals surface area contributed by atoms with E-state index in [9.17, 15) is 18.0 Å². The Kier molecular flexibility index (Phi) is 10.5. The fraction of sp³-hybridized carbons (Fsp3) is 0.333. The Morgan fingerprint density at radius 1 is 0.923 bits per heavy atom. The van der Waals surface area contributed by atoms with E-state index in [1.54, 1.807) is 24.3 Å². The van der Waals surface area contributed by atoms with Gasteiger partial charge in [0.05, 0.1) is 11.9 Å². The molecule has 3 rings (SSSR count). The smallest absolute Gasteiger partial charge is 0.244 e. The quantitative estimate of drug-likeness (QED) is 0.334. The van der Waals surface area contributed by atoms with Crippen molar-refractivity contribution < 1.29 is 18.0 Å². The maximum atomic E-state index is 14.0. The summed E-state index contributed by atoms with van der Waals surface area (Å²) in [5, 5.41) is 3.47. The van der Waals surface area contributed by atoms with Gasteiger partial charge in [-0.25, -0.2) is 8.42 Å². The fourth-order valence-electron chi connectivity index (χ4n) is 4.11. The highest BCUT2D eigenvalue weighted by Gasteiger charge is 2.33. The summed E-state index contributed by atoms with van der Waals surface area (Å²) in [5.41, 5.74) is 3.11. The lowest BCUT2D eigenvalue weighted by Gasteiger charge is -2.34.